The van der Waals surface area contributed by atoms with E-state index < -0.39 is 0 Å². The van der Waals surface area contributed by atoms with Crippen LogP contribution in [0, 0.1) is 0 Å². The van der Waals surface area contributed by atoms with E-state index in [-0.39, 0.29) is 17.5 Å². The summed E-state index contributed by atoms with van der Waals surface area (Å²) < 4.78 is 0. The fourth-order valence-electron chi connectivity index (χ4n) is 1.74. The predicted molar refractivity (Wildman–Crippen MR) is 82.2 cm³/mol. The van der Waals surface area contributed by atoms with Gasteiger partial charge in [-0.05, 0) is 29.8 Å². The van der Waals surface area contributed by atoms with Crippen molar-refractivity contribution in [3.8, 4) is 0 Å². The minimum atomic E-state index is -0.338. The third-order valence-electron chi connectivity index (χ3n) is 2.86. The molecule has 22 heavy (non-hydrogen) atoms. The molecule has 2 amide bonds. The molecular weight excluding hydrogens is 280 g/mol. The highest BCUT2D eigenvalue weighted by Crippen LogP contribution is 2.03. The maximum Gasteiger partial charge on any atom is 0.270 e. The Hall–Kier alpha value is -3.02. The van der Waals surface area contributed by atoms with Gasteiger partial charge in [-0.1, -0.05) is 6.08 Å². The molecule has 0 aliphatic rings. The molecule has 0 aliphatic heterocycles. The van der Waals surface area contributed by atoms with Gasteiger partial charge < -0.3 is 10.6 Å². The van der Waals surface area contributed by atoms with Crippen molar-refractivity contribution < 1.29 is 9.59 Å². The molecule has 2 heterocycles. The largest absolute Gasteiger partial charge is 0.349 e. The highest BCUT2D eigenvalue weighted by Gasteiger charge is 2.11. The minimum Gasteiger partial charge on any atom is -0.349 e. The second kappa shape index (κ2) is 7.68. The summed E-state index contributed by atoms with van der Waals surface area (Å²) in [4.78, 5) is 31.8. The monoisotopic (exact) mass is 296 g/mol. The van der Waals surface area contributed by atoms with Gasteiger partial charge in [0.25, 0.3) is 11.8 Å². The molecule has 0 fully saturated rings. The summed E-state index contributed by atoms with van der Waals surface area (Å²) in [6.45, 7) is 4.27. The molecule has 2 N–H and O–H groups in total. The molecule has 0 atom stereocenters. The maximum atomic E-state index is 12.1. The predicted octanol–water partition coefficient (Wildman–Crippen LogP) is 1.32. The van der Waals surface area contributed by atoms with Crippen molar-refractivity contribution in [3.05, 3.63) is 72.3 Å². The lowest BCUT2D eigenvalue weighted by atomic mass is 10.2. The molecule has 2 aromatic heterocycles. The first-order valence-corrected chi connectivity index (χ1v) is 6.73. The van der Waals surface area contributed by atoms with Gasteiger partial charge in [-0.25, -0.2) is 0 Å². The topological polar surface area (TPSA) is 84.0 Å². The molecule has 0 unspecified atom stereocenters. The van der Waals surface area contributed by atoms with Gasteiger partial charge in [-0.15, -0.1) is 6.58 Å². The molecule has 6 heteroatoms. The number of nitrogens with one attached hydrogen (secondary N) is 2. The fourth-order valence-corrected chi connectivity index (χ4v) is 1.74. The average molecular weight is 296 g/mol. The van der Waals surface area contributed by atoms with Gasteiger partial charge in [0, 0.05) is 37.2 Å². The standard InChI is InChI=1S/C16H16N4O2/c1-2-6-19-15(21)13-5-9-18-14(10-13)16(22)20-11-12-3-7-17-8-4-12/h2-5,7-10H,1,6,11H2,(H,19,21)(H,20,22). The van der Waals surface area contributed by atoms with Crippen molar-refractivity contribution in [2.24, 2.45) is 0 Å². The van der Waals surface area contributed by atoms with Gasteiger partial charge in [-0.2, -0.15) is 0 Å². The Labute approximate surface area is 128 Å². The molecular formula is C16H16N4O2. The van der Waals surface area contributed by atoms with Crippen molar-refractivity contribution in [1.29, 1.82) is 0 Å². The second-order valence-corrected chi connectivity index (χ2v) is 4.47. The lowest BCUT2D eigenvalue weighted by Gasteiger charge is -2.06. The average Bonchev–Trinajstić information content (AvgIpc) is 2.58. The van der Waals surface area contributed by atoms with Crippen LogP contribution in [0.15, 0.2) is 55.5 Å². The van der Waals surface area contributed by atoms with E-state index in [1.807, 2.05) is 12.1 Å². The Kier molecular flexibility index (Phi) is 5.37. The summed E-state index contributed by atoms with van der Waals surface area (Å²) in [5.74, 6) is -0.610. The van der Waals surface area contributed by atoms with Crippen molar-refractivity contribution in [2.45, 2.75) is 6.54 Å². The highest BCUT2D eigenvalue weighted by atomic mass is 16.2. The molecule has 6 nitrogen and oxygen atoms in total. The number of carbonyl (C=O) groups excluding carboxylic acids is 2. The molecule has 0 aliphatic carbocycles. The van der Waals surface area contributed by atoms with E-state index in [0.29, 0.717) is 18.7 Å². The highest BCUT2D eigenvalue weighted by molar-refractivity contribution is 5.98. The van der Waals surface area contributed by atoms with E-state index in [1.54, 1.807) is 24.5 Å². The van der Waals surface area contributed by atoms with Crippen LogP contribution in [-0.2, 0) is 6.54 Å². The number of hydrogen-bond acceptors (Lipinski definition) is 4. The number of nitrogens with zero attached hydrogens (tertiary/aromatic N) is 2. The number of amides is 2. The van der Waals surface area contributed by atoms with Crippen LogP contribution in [0.1, 0.15) is 26.4 Å². The van der Waals surface area contributed by atoms with Crippen LogP contribution >= 0.6 is 0 Å². The smallest absolute Gasteiger partial charge is 0.270 e. The molecule has 2 rings (SSSR count). The molecule has 0 spiro atoms. The molecule has 0 aromatic carbocycles. The van der Waals surface area contributed by atoms with Crippen LogP contribution in [0.5, 0.6) is 0 Å². The van der Waals surface area contributed by atoms with Gasteiger partial charge in [-0.3, -0.25) is 19.6 Å². The van der Waals surface area contributed by atoms with Crippen LogP contribution in [0.3, 0.4) is 0 Å². The zero-order valence-corrected chi connectivity index (χ0v) is 12.0. The second-order valence-electron chi connectivity index (χ2n) is 4.47. The Morgan fingerprint density at radius 3 is 2.59 bits per heavy atom. The first kappa shape index (κ1) is 15.4. The van der Waals surface area contributed by atoms with Gasteiger partial charge in [0.15, 0.2) is 0 Å². The summed E-state index contributed by atoms with van der Waals surface area (Å²) in [5.41, 5.74) is 1.51. The van der Waals surface area contributed by atoms with E-state index in [2.05, 4.69) is 27.2 Å². The first-order valence-electron chi connectivity index (χ1n) is 6.73. The lowest BCUT2D eigenvalue weighted by Crippen LogP contribution is -2.26. The molecule has 0 saturated carbocycles. The van der Waals surface area contributed by atoms with Crippen molar-refractivity contribution in [1.82, 2.24) is 20.6 Å². The normalized spacial score (nSPS) is 9.82. The van der Waals surface area contributed by atoms with Gasteiger partial charge >= 0.3 is 0 Å². The zero-order valence-electron chi connectivity index (χ0n) is 12.0. The SMILES string of the molecule is C=CCNC(=O)c1ccnc(C(=O)NCc2ccncc2)c1. The van der Waals surface area contributed by atoms with Crippen molar-refractivity contribution in [3.63, 3.8) is 0 Å². The number of aromatic nitrogens is 2. The Balaban J connectivity index is 2.00. The number of hydrogen-bond donors (Lipinski definition) is 2. The number of rotatable bonds is 6. The van der Waals surface area contributed by atoms with E-state index in [9.17, 15) is 9.59 Å². The number of carbonyl (C=O) groups is 2. The lowest BCUT2D eigenvalue weighted by molar-refractivity contribution is 0.0946. The van der Waals surface area contributed by atoms with Gasteiger partial charge in [0.1, 0.15) is 5.69 Å². The Bertz CT molecular complexity index is 671. The van der Waals surface area contributed by atoms with Gasteiger partial charge in [0.2, 0.25) is 0 Å². The number of pyridine rings is 2. The van der Waals surface area contributed by atoms with E-state index in [0.717, 1.165) is 5.56 Å². The molecule has 0 radical (unpaired) electrons. The van der Waals surface area contributed by atoms with E-state index >= 15 is 0 Å². The third-order valence-corrected chi connectivity index (χ3v) is 2.86. The third kappa shape index (κ3) is 4.24. The summed E-state index contributed by atoms with van der Waals surface area (Å²) in [5, 5.41) is 5.40. The molecule has 0 saturated heterocycles. The summed E-state index contributed by atoms with van der Waals surface area (Å²) in [6, 6.07) is 6.64. The van der Waals surface area contributed by atoms with E-state index in [4.69, 9.17) is 0 Å². The van der Waals surface area contributed by atoms with Crippen LogP contribution in [0.25, 0.3) is 0 Å². The van der Waals surface area contributed by atoms with Crippen LogP contribution < -0.4 is 10.6 Å². The zero-order chi connectivity index (χ0) is 15.8. The van der Waals surface area contributed by atoms with E-state index in [1.165, 1.54) is 12.3 Å². The van der Waals surface area contributed by atoms with Gasteiger partial charge in [0.05, 0.1) is 0 Å². The summed E-state index contributed by atoms with van der Waals surface area (Å²) in [7, 11) is 0. The Morgan fingerprint density at radius 1 is 1.09 bits per heavy atom. The molecule has 112 valence electrons. The minimum absolute atomic E-state index is 0.195. The molecule has 2 aromatic rings. The molecule has 0 bridgehead atoms. The fraction of sp³-hybridized carbons (Fsp3) is 0.125. The quantitative estimate of drug-likeness (QED) is 0.788. The van der Waals surface area contributed by atoms with Crippen molar-refractivity contribution in [2.75, 3.05) is 6.54 Å². The first-order chi connectivity index (χ1) is 10.7. The van der Waals surface area contributed by atoms with Crippen LogP contribution in [0.4, 0.5) is 0 Å². The van der Waals surface area contributed by atoms with Crippen molar-refractivity contribution >= 4 is 11.8 Å². The Morgan fingerprint density at radius 2 is 1.86 bits per heavy atom. The van der Waals surface area contributed by atoms with Crippen LogP contribution in [-0.4, -0.2) is 28.3 Å². The van der Waals surface area contributed by atoms with Crippen LogP contribution in [0.2, 0.25) is 0 Å². The summed E-state index contributed by atoms with van der Waals surface area (Å²) >= 11 is 0. The maximum absolute atomic E-state index is 12.1. The summed E-state index contributed by atoms with van der Waals surface area (Å²) in [6.07, 6.45) is 6.33.